The summed E-state index contributed by atoms with van der Waals surface area (Å²) in [6, 6.07) is 43.6. The minimum Gasteiger partial charge on any atom is -0.309 e. The number of benzene rings is 6. The van der Waals surface area contributed by atoms with Crippen LogP contribution in [0, 0.1) is 0 Å². The molecule has 2 heteroatoms. The van der Waals surface area contributed by atoms with E-state index in [1.807, 2.05) is 0 Å². The van der Waals surface area contributed by atoms with E-state index in [0.29, 0.717) is 0 Å². The van der Waals surface area contributed by atoms with Gasteiger partial charge in [-0.1, -0.05) is 97.1 Å². The van der Waals surface area contributed by atoms with Crippen LogP contribution >= 0.6 is 15.9 Å². The predicted molar refractivity (Wildman–Crippen MR) is 149 cm³/mol. The van der Waals surface area contributed by atoms with Crippen molar-refractivity contribution in [2.24, 2.45) is 0 Å². The van der Waals surface area contributed by atoms with Crippen molar-refractivity contribution in [1.82, 2.24) is 4.57 Å². The average Bonchev–Trinajstić information content (AvgIpc) is 3.24. The fourth-order valence-corrected chi connectivity index (χ4v) is 6.14. The van der Waals surface area contributed by atoms with E-state index in [4.69, 9.17) is 0 Å². The Hall–Kier alpha value is -3.88. The molecule has 0 unspecified atom stereocenters. The SMILES string of the molecule is Brc1c2ccccc2c(-c2cccc3c2c2ccccc2n3-c2ccccc2)c2ccccc12. The zero-order valence-electron chi connectivity index (χ0n) is 18.4. The number of nitrogens with zero attached hydrogens (tertiary/aromatic N) is 1. The molecule has 0 spiro atoms. The van der Waals surface area contributed by atoms with E-state index in [0.717, 1.165) is 4.47 Å². The highest BCUT2D eigenvalue weighted by Gasteiger charge is 2.19. The zero-order chi connectivity index (χ0) is 22.6. The highest BCUT2D eigenvalue weighted by Crippen LogP contribution is 2.45. The van der Waals surface area contributed by atoms with E-state index in [2.05, 4.69) is 142 Å². The van der Waals surface area contributed by atoms with Crippen molar-refractivity contribution in [3.63, 3.8) is 0 Å². The van der Waals surface area contributed by atoms with Gasteiger partial charge in [0.15, 0.2) is 0 Å². The minimum absolute atomic E-state index is 1.15. The second-order valence-electron chi connectivity index (χ2n) is 8.67. The van der Waals surface area contributed by atoms with E-state index in [-0.39, 0.29) is 0 Å². The molecular weight excluding hydrogens is 478 g/mol. The summed E-state index contributed by atoms with van der Waals surface area (Å²) in [7, 11) is 0. The molecule has 0 aliphatic carbocycles. The lowest BCUT2D eigenvalue weighted by atomic mass is 9.90. The quantitative estimate of drug-likeness (QED) is 0.209. The number of hydrogen-bond acceptors (Lipinski definition) is 0. The van der Waals surface area contributed by atoms with Gasteiger partial charge in [0.05, 0.1) is 11.0 Å². The van der Waals surface area contributed by atoms with Gasteiger partial charge in [-0.15, -0.1) is 0 Å². The van der Waals surface area contributed by atoms with Crippen LogP contribution in [-0.4, -0.2) is 4.57 Å². The standard InChI is InChI=1S/C32H20BrN/c33-32-24-15-6-4-13-22(24)30(23-14-5-7-16-25(23)32)27-18-10-20-29-31(27)26-17-8-9-19-28(26)34(29)21-11-2-1-3-12-21/h1-20H. The van der Waals surface area contributed by atoms with Gasteiger partial charge in [0.1, 0.15) is 0 Å². The van der Waals surface area contributed by atoms with Crippen molar-refractivity contribution < 1.29 is 0 Å². The molecule has 0 saturated heterocycles. The molecule has 1 heterocycles. The third kappa shape index (κ3) is 2.72. The van der Waals surface area contributed by atoms with Gasteiger partial charge in [0.25, 0.3) is 0 Å². The first-order chi connectivity index (χ1) is 16.8. The first-order valence-corrected chi connectivity index (χ1v) is 12.3. The van der Waals surface area contributed by atoms with Crippen LogP contribution in [0.1, 0.15) is 0 Å². The molecule has 0 aliphatic rings. The Bertz CT molecular complexity index is 1800. The van der Waals surface area contributed by atoms with Crippen molar-refractivity contribution in [1.29, 1.82) is 0 Å². The molecule has 0 fully saturated rings. The van der Waals surface area contributed by atoms with Gasteiger partial charge in [-0.05, 0) is 72.9 Å². The van der Waals surface area contributed by atoms with Crippen LogP contribution in [0.5, 0.6) is 0 Å². The second kappa shape index (κ2) is 7.58. The van der Waals surface area contributed by atoms with E-state index >= 15 is 0 Å². The third-order valence-electron chi connectivity index (χ3n) is 6.85. The molecule has 6 aromatic carbocycles. The number of para-hydroxylation sites is 2. The molecule has 0 aliphatic heterocycles. The number of rotatable bonds is 2. The van der Waals surface area contributed by atoms with Crippen LogP contribution in [0.3, 0.4) is 0 Å². The zero-order valence-corrected chi connectivity index (χ0v) is 20.0. The molecule has 34 heavy (non-hydrogen) atoms. The summed E-state index contributed by atoms with van der Waals surface area (Å²) in [5, 5.41) is 7.56. The van der Waals surface area contributed by atoms with E-state index in [9.17, 15) is 0 Å². The van der Waals surface area contributed by atoms with E-state index in [1.54, 1.807) is 0 Å². The topological polar surface area (TPSA) is 4.93 Å². The van der Waals surface area contributed by atoms with Crippen molar-refractivity contribution in [3.05, 3.63) is 126 Å². The smallest absolute Gasteiger partial charge is 0.0547 e. The van der Waals surface area contributed by atoms with Gasteiger partial charge < -0.3 is 4.57 Å². The monoisotopic (exact) mass is 497 g/mol. The van der Waals surface area contributed by atoms with Crippen LogP contribution in [-0.2, 0) is 0 Å². The van der Waals surface area contributed by atoms with Gasteiger partial charge in [-0.3, -0.25) is 0 Å². The maximum absolute atomic E-state index is 3.91. The summed E-state index contributed by atoms with van der Waals surface area (Å²) in [5.74, 6) is 0. The fourth-order valence-electron chi connectivity index (χ4n) is 5.45. The first kappa shape index (κ1) is 19.6. The third-order valence-corrected chi connectivity index (χ3v) is 7.70. The number of halogens is 1. The van der Waals surface area contributed by atoms with Gasteiger partial charge >= 0.3 is 0 Å². The predicted octanol–water partition coefficient (Wildman–Crippen LogP) is 9.52. The Morgan fingerprint density at radius 3 is 1.65 bits per heavy atom. The summed E-state index contributed by atoms with van der Waals surface area (Å²) in [4.78, 5) is 0. The lowest BCUT2D eigenvalue weighted by Crippen LogP contribution is -1.93. The van der Waals surface area contributed by atoms with Crippen LogP contribution < -0.4 is 0 Å². The minimum atomic E-state index is 1.15. The molecule has 7 rings (SSSR count). The Morgan fingerprint density at radius 1 is 0.441 bits per heavy atom. The van der Waals surface area contributed by atoms with E-state index in [1.165, 1.54) is 60.2 Å². The molecule has 0 bridgehead atoms. The van der Waals surface area contributed by atoms with Crippen LogP contribution in [0.15, 0.2) is 126 Å². The van der Waals surface area contributed by atoms with Crippen LogP contribution in [0.25, 0.3) is 60.2 Å². The number of fused-ring (bicyclic) bond motifs is 5. The molecule has 0 N–H and O–H groups in total. The van der Waals surface area contributed by atoms with Gasteiger partial charge in [-0.25, -0.2) is 0 Å². The Morgan fingerprint density at radius 2 is 0.971 bits per heavy atom. The maximum atomic E-state index is 3.91. The molecular formula is C32H20BrN. The molecule has 1 aromatic heterocycles. The molecule has 0 radical (unpaired) electrons. The summed E-state index contributed by atoms with van der Waals surface area (Å²) in [5.41, 5.74) is 6.18. The van der Waals surface area contributed by atoms with Gasteiger partial charge in [0, 0.05) is 20.9 Å². The second-order valence-corrected chi connectivity index (χ2v) is 9.46. The van der Waals surface area contributed by atoms with Gasteiger partial charge in [-0.2, -0.15) is 0 Å². The lowest BCUT2D eigenvalue weighted by molar-refractivity contribution is 1.18. The first-order valence-electron chi connectivity index (χ1n) is 11.5. The normalized spacial score (nSPS) is 11.7. The number of hydrogen-bond donors (Lipinski definition) is 0. The average molecular weight is 498 g/mol. The van der Waals surface area contributed by atoms with Crippen LogP contribution in [0.2, 0.25) is 0 Å². The summed E-state index contributed by atoms with van der Waals surface area (Å²) < 4.78 is 3.54. The highest BCUT2D eigenvalue weighted by molar-refractivity contribution is 9.10. The largest absolute Gasteiger partial charge is 0.309 e. The van der Waals surface area contributed by atoms with Crippen molar-refractivity contribution in [2.75, 3.05) is 0 Å². The molecule has 0 saturated carbocycles. The van der Waals surface area contributed by atoms with Crippen molar-refractivity contribution in [3.8, 4) is 16.8 Å². The molecule has 0 amide bonds. The summed E-state index contributed by atoms with van der Waals surface area (Å²) in [6.07, 6.45) is 0. The molecule has 160 valence electrons. The Balaban J connectivity index is 1.72. The molecule has 7 aromatic rings. The summed E-state index contributed by atoms with van der Waals surface area (Å²) in [6.45, 7) is 0. The molecule has 1 nitrogen and oxygen atoms in total. The highest BCUT2D eigenvalue weighted by atomic mass is 79.9. The number of aromatic nitrogens is 1. The fraction of sp³-hybridized carbons (Fsp3) is 0. The van der Waals surface area contributed by atoms with Crippen molar-refractivity contribution in [2.45, 2.75) is 0 Å². The Kier molecular flexibility index (Phi) is 4.36. The van der Waals surface area contributed by atoms with Gasteiger partial charge in [0.2, 0.25) is 0 Å². The Labute approximate surface area is 206 Å². The molecule has 0 atom stereocenters. The van der Waals surface area contributed by atoms with Crippen LogP contribution in [0.4, 0.5) is 0 Å². The maximum Gasteiger partial charge on any atom is 0.0547 e. The van der Waals surface area contributed by atoms with Crippen molar-refractivity contribution >= 4 is 59.3 Å². The lowest BCUT2D eigenvalue weighted by Gasteiger charge is -2.15. The summed E-state index contributed by atoms with van der Waals surface area (Å²) >= 11 is 3.91. The van der Waals surface area contributed by atoms with E-state index < -0.39 is 0 Å².